The van der Waals surface area contributed by atoms with Crippen LogP contribution in [0.2, 0.25) is 0 Å². The Hall–Kier alpha value is -3.96. The number of rotatable bonds is 11. The summed E-state index contributed by atoms with van der Waals surface area (Å²) in [6.45, 7) is 2.09. The predicted octanol–water partition coefficient (Wildman–Crippen LogP) is 6.29. The Morgan fingerprint density at radius 1 is 0.952 bits per heavy atom. The van der Waals surface area contributed by atoms with E-state index in [0.717, 1.165) is 28.8 Å². The van der Waals surface area contributed by atoms with Crippen molar-refractivity contribution in [2.75, 3.05) is 6.54 Å². The summed E-state index contributed by atoms with van der Waals surface area (Å²) in [4.78, 5) is 31.5. The number of carbonyl (C=O) groups excluding carboxylic acids is 1. The second-order valence-corrected chi connectivity index (χ2v) is 10.6. The first-order valence-corrected chi connectivity index (χ1v) is 14.2. The first-order chi connectivity index (χ1) is 20.1. The van der Waals surface area contributed by atoms with E-state index >= 15 is 0 Å². The number of halogens is 4. The van der Waals surface area contributed by atoms with Crippen LogP contribution in [-0.2, 0) is 36.4 Å². The molecule has 1 aromatic heterocycles. The van der Waals surface area contributed by atoms with Crippen molar-refractivity contribution in [2.45, 2.75) is 50.1 Å². The molecule has 0 bridgehead atoms. The summed E-state index contributed by atoms with van der Waals surface area (Å²) in [5, 5.41) is 9.90. The van der Waals surface area contributed by atoms with Gasteiger partial charge in [0.05, 0.1) is 17.7 Å². The molecule has 0 unspecified atom stereocenters. The molecule has 0 saturated carbocycles. The van der Waals surface area contributed by atoms with E-state index in [2.05, 4.69) is 4.98 Å². The SMILES string of the molecule is CCCN(Cc1ccc(-c2ccc(C(F)(F)F)cc2)cc1)C(=O)Cn1cc(CO)c(=O)nc1SCc1ccc(F)cc1. The van der Waals surface area contributed by atoms with Gasteiger partial charge in [0.1, 0.15) is 12.4 Å². The third-order valence-corrected chi connectivity index (χ3v) is 7.57. The molecule has 220 valence electrons. The molecule has 0 aliphatic rings. The zero-order chi connectivity index (χ0) is 30.3. The minimum atomic E-state index is -4.40. The molecule has 4 rings (SSSR count). The fourth-order valence-corrected chi connectivity index (χ4v) is 5.19. The summed E-state index contributed by atoms with van der Waals surface area (Å²) in [7, 11) is 0. The van der Waals surface area contributed by atoms with Gasteiger partial charge in [0.15, 0.2) is 5.16 Å². The number of nitrogens with zero attached hydrogens (tertiary/aromatic N) is 3. The second-order valence-electron chi connectivity index (χ2n) is 9.64. The van der Waals surface area contributed by atoms with Gasteiger partial charge >= 0.3 is 6.18 Å². The Morgan fingerprint density at radius 3 is 2.12 bits per heavy atom. The molecule has 0 saturated heterocycles. The first kappa shape index (κ1) is 31.0. The van der Waals surface area contributed by atoms with Crippen LogP contribution in [0.1, 0.15) is 35.6 Å². The average Bonchev–Trinajstić information content (AvgIpc) is 2.97. The minimum Gasteiger partial charge on any atom is -0.391 e. The normalized spacial score (nSPS) is 11.5. The fraction of sp³-hybridized carbons (Fsp3) is 0.258. The number of aromatic nitrogens is 2. The largest absolute Gasteiger partial charge is 0.416 e. The summed E-state index contributed by atoms with van der Waals surface area (Å²) < 4.78 is 53.5. The summed E-state index contributed by atoms with van der Waals surface area (Å²) in [5.41, 5.74) is 1.82. The number of carbonyl (C=O) groups is 1. The maximum atomic E-state index is 13.5. The van der Waals surface area contributed by atoms with Crippen molar-refractivity contribution in [3.63, 3.8) is 0 Å². The van der Waals surface area contributed by atoms with Crippen LogP contribution in [0.5, 0.6) is 0 Å². The van der Waals surface area contributed by atoms with E-state index in [1.807, 2.05) is 19.1 Å². The smallest absolute Gasteiger partial charge is 0.391 e. The van der Waals surface area contributed by atoms with Gasteiger partial charge in [0.25, 0.3) is 5.56 Å². The molecule has 0 aliphatic heterocycles. The van der Waals surface area contributed by atoms with Crippen LogP contribution in [0.25, 0.3) is 11.1 Å². The highest BCUT2D eigenvalue weighted by Gasteiger charge is 2.30. The topological polar surface area (TPSA) is 75.4 Å². The Kier molecular flexibility index (Phi) is 10.2. The van der Waals surface area contributed by atoms with Crippen molar-refractivity contribution in [3.05, 3.63) is 117 Å². The van der Waals surface area contributed by atoms with Crippen molar-refractivity contribution in [2.24, 2.45) is 0 Å². The van der Waals surface area contributed by atoms with Gasteiger partial charge in [-0.25, -0.2) is 4.39 Å². The predicted molar refractivity (Wildman–Crippen MR) is 153 cm³/mol. The van der Waals surface area contributed by atoms with Crippen molar-refractivity contribution in [1.82, 2.24) is 14.5 Å². The summed E-state index contributed by atoms with van der Waals surface area (Å²) in [6, 6.07) is 18.2. The van der Waals surface area contributed by atoms with Gasteiger partial charge in [-0.1, -0.05) is 67.2 Å². The molecule has 0 spiro atoms. The van der Waals surface area contributed by atoms with E-state index in [9.17, 15) is 32.3 Å². The number of hydrogen-bond acceptors (Lipinski definition) is 5. The van der Waals surface area contributed by atoms with Gasteiger partial charge in [-0.05, 0) is 52.9 Å². The van der Waals surface area contributed by atoms with Gasteiger partial charge in [0, 0.05) is 25.0 Å². The van der Waals surface area contributed by atoms with E-state index in [1.165, 1.54) is 42.2 Å². The highest BCUT2D eigenvalue weighted by molar-refractivity contribution is 7.98. The number of benzene rings is 3. The van der Waals surface area contributed by atoms with Crippen LogP contribution >= 0.6 is 11.8 Å². The summed E-state index contributed by atoms with van der Waals surface area (Å²) in [6.07, 6.45) is -2.26. The molecule has 1 N–H and O–H groups in total. The number of amides is 1. The standard InChI is InChI=1S/C31H29F4N3O3S/c1-2-15-37(16-21-3-7-23(8-4-21)24-9-11-26(12-10-24)31(33,34)35)28(40)18-38-17-25(19-39)29(41)36-30(38)42-20-22-5-13-27(32)14-6-22/h3-14,17,39H,2,15-16,18-20H2,1H3. The third kappa shape index (κ3) is 8.07. The maximum Gasteiger partial charge on any atom is 0.416 e. The molecule has 0 fully saturated rings. The molecular formula is C31H29F4N3O3S. The molecule has 6 nitrogen and oxygen atoms in total. The van der Waals surface area contributed by atoms with Crippen LogP contribution in [-0.4, -0.2) is 32.0 Å². The van der Waals surface area contributed by atoms with Crippen molar-refractivity contribution >= 4 is 17.7 Å². The Balaban J connectivity index is 1.49. The summed E-state index contributed by atoms with van der Waals surface area (Å²) >= 11 is 1.23. The molecule has 0 radical (unpaired) electrons. The van der Waals surface area contributed by atoms with Gasteiger partial charge in [-0.3, -0.25) is 9.59 Å². The van der Waals surface area contributed by atoms with E-state index in [0.29, 0.717) is 36.0 Å². The minimum absolute atomic E-state index is 0.0647. The van der Waals surface area contributed by atoms with Crippen LogP contribution in [0.4, 0.5) is 17.6 Å². The lowest BCUT2D eigenvalue weighted by atomic mass is 10.0. The molecule has 1 amide bonds. The lowest BCUT2D eigenvalue weighted by Gasteiger charge is -2.24. The van der Waals surface area contributed by atoms with Gasteiger partial charge in [-0.15, -0.1) is 0 Å². The van der Waals surface area contributed by atoms with E-state index in [4.69, 9.17) is 0 Å². The molecule has 0 aliphatic carbocycles. The Labute approximate surface area is 244 Å². The van der Waals surface area contributed by atoms with Gasteiger partial charge in [-0.2, -0.15) is 18.2 Å². The number of aliphatic hydroxyl groups is 1. The van der Waals surface area contributed by atoms with Crippen LogP contribution in [0, 0.1) is 5.82 Å². The van der Waals surface area contributed by atoms with Crippen molar-refractivity contribution < 1.29 is 27.5 Å². The molecular weight excluding hydrogens is 570 g/mol. The quantitative estimate of drug-likeness (QED) is 0.125. The zero-order valence-electron chi connectivity index (χ0n) is 22.8. The Morgan fingerprint density at radius 2 is 1.55 bits per heavy atom. The van der Waals surface area contributed by atoms with Gasteiger partial charge in [0.2, 0.25) is 5.91 Å². The van der Waals surface area contributed by atoms with Crippen molar-refractivity contribution in [1.29, 1.82) is 0 Å². The molecule has 3 aromatic carbocycles. The average molecular weight is 600 g/mol. The van der Waals surface area contributed by atoms with E-state index in [-0.39, 0.29) is 23.8 Å². The highest BCUT2D eigenvalue weighted by Crippen LogP contribution is 2.31. The highest BCUT2D eigenvalue weighted by atomic mass is 32.2. The summed E-state index contributed by atoms with van der Waals surface area (Å²) in [5.74, 6) is -0.188. The first-order valence-electron chi connectivity index (χ1n) is 13.2. The molecule has 4 aromatic rings. The zero-order valence-corrected chi connectivity index (χ0v) is 23.6. The van der Waals surface area contributed by atoms with E-state index in [1.54, 1.807) is 33.7 Å². The molecule has 11 heteroatoms. The molecule has 0 atom stereocenters. The monoisotopic (exact) mass is 599 g/mol. The number of hydrogen-bond donors (Lipinski definition) is 1. The number of thioether (sulfide) groups is 1. The fourth-order valence-electron chi connectivity index (χ4n) is 4.27. The molecule has 42 heavy (non-hydrogen) atoms. The lowest BCUT2D eigenvalue weighted by Crippen LogP contribution is -2.35. The Bertz CT molecular complexity index is 1560. The van der Waals surface area contributed by atoms with Crippen LogP contribution < -0.4 is 5.56 Å². The number of aliphatic hydroxyl groups excluding tert-OH is 1. The maximum absolute atomic E-state index is 13.5. The van der Waals surface area contributed by atoms with E-state index < -0.39 is 23.9 Å². The van der Waals surface area contributed by atoms with Crippen molar-refractivity contribution in [3.8, 4) is 11.1 Å². The van der Waals surface area contributed by atoms with Gasteiger partial charge < -0.3 is 14.6 Å². The van der Waals surface area contributed by atoms with Crippen LogP contribution in [0.15, 0.2) is 88.9 Å². The molecule has 1 heterocycles. The second kappa shape index (κ2) is 13.8. The third-order valence-electron chi connectivity index (χ3n) is 6.51. The van der Waals surface area contributed by atoms with Crippen LogP contribution in [0.3, 0.4) is 0 Å². The number of alkyl halides is 3. The lowest BCUT2D eigenvalue weighted by molar-refractivity contribution is -0.137.